The lowest BCUT2D eigenvalue weighted by Gasteiger charge is -2.25. The van der Waals surface area contributed by atoms with Crippen LogP contribution < -0.4 is 19.2 Å². The molecule has 1 saturated heterocycles. The highest BCUT2D eigenvalue weighted by Crippen LogP contribution is 2.26. The van der Waals surface area contributed by atoms with Crippen molar-refractivity contribution in [3.8, 4) is 11.5 Å². The Morgan fingerprint density at radius 3 is 2.44 bits per heavy atom. The van der Waals surface area contributed by atoms with Crippen LogP contribution in [0.15, 0.2) is 82.8 Å². The molecule has 0 aliphatic carbocycles. The van der Waals surface area contributed by atoms with Crippen molar-refractivity contribution in [1.29, 1.82) is 0 Å². The normalized spacial score (nSPS) is 13.7. The van der Waals surface area contributed by atoms with Gasteiger partial charge in [0.1, 0.15) is 24.1 Å². The van der Waals surface area contributed by atoms with E-state index >= 15 is 0 Å². The van der Waals surface area contributed by atoms with Gasteiger partial charge in [0.15, 0.2) is 0 Å². The van der Waals surface area contributed by atoms with E-state index in [2.05, 4.69) is 10.5 Å². The molecule has 1 aliphatic heterocycles. The van der Waals surface area contributed by atoms with Gasteiger partial charge in [0.2, 0.25) is 0 Å². The molecular formula is C26H27N3O5S2. The minimum atomic E-state index is -4.03. The summed E-state index contributed by atoms with van der Waals surface area (Å²) in [4.78, 5) is 12.8. The summed E-state index contributed by atoms with van der Waals surface area (Å²) >= 11 is 1.84. The lowest BCUT2D eigenvalue weighted by Crippen LogP contribution is -2.39. The third kappa shape index (κ3) is 6.38. The van der Waals surface area contributed by atoms with Crippen molar-refractivity contribution < 1.29 is 22.7 Å². The van der Waals surface area contributed by atoms with Gasteiger partial charge in [0, 0.05) is 11.5 Å². The van der Waals surface area contributed by atoms with Crippen molar-refractivity contribution in [3.05, 3.63) is 83.9 Å². The van der Waals surface area contributed by atoms with Crippen molar-refractivity contribution in [1.82, 2.24) is 5.43 Å². The molecule has 4 rings (SSSR count). The van der Waals surface area contributed by atoms with E-state index in [-0.39, 0.29) is 11.0 Å². The maximum atomic E-state index is 13.5. The van der Waals surface area contributed by atoms with Gasteiger partial charge in [-0.1, -0.05) is 29.8 Å². The number of hydrogen-bond donors (Lipinski definition) is 1. The van der Waals surface area contributed by atoms with Gasteiger partial charge in [0.05, 0.1) is 23.9 Å². The van der Waals surface area contributed by atoms with Crippen LogP contribution in [-0.4, -0.2) is 51.8 Å². The first-order valence-corrected chi connectivity index (χ1v) is 13.8. The number of amides is 1. The first kappa shape index (κ1) is 25.6. The van der Waals surface area contributed by atoms with Crippen molar-refractivity contribution in [2.75, 3.05) is 29.5 Å². The fraction of sp³-hybridized carbons (Fsp3) is 0.231. The van der Waals surface area contributed by atoms with Gasteiger partial charge in [0.25, 0.3) is 15.9 Å². The number of rotatable bonds is 10. The molecule has 1 aliphatic rings. The molecule has 0 unspecified atom stereocenters. The highest BCUT2D eigenvalue weighted by Gasteiger charge is 2.27. The highest BCUT2D eigenvalue weighted by atomic mass is 32.2. The summed E-state index contributed by atoms with van der Waals surface area (Å²) in [5.74, 6) is 2.65. The molecule has 0 atom stereocenters. The number of benzene rings is 3. The molecule has 1 N–H and O–H groups in total. The SMILES string of the molecule is COc1ccc(S(=O)(=O)N(CC(=O)N/N=C\c2cccc(OC3CSC3)c2)c2ccc(C)cc2)cc1. The molecule has 8 nitrogen and oxygen atoms in total. The number of nitrogens with one attached hydrogen (secondary N) is 1. The number of ether oxygens (including phenoxy) is 2. The fourth-order valence-corrected chi connectivity index (χ4v) is 5.37. The predicted molar refractivity (Wildman–Crippen MR) is 143 cm³/mol. The Balaban J connectivity index is 1.48. The zero-order chi connectivity index (χ0) is 25.5. The minimum absolute atomic E-state index is 0.0434. The molecule has 1 amide bonds. The molecule has 0 radical (unpaired) electrons. The zero-order valence-electron chi connectivity index (χ0n) is 20.0. The van der Waals surface area contributed by atoms with Crippen LogP contribution in [0.4, 0.5) is 5.69 Å². The highest BCUT2D eigenvalue weighted by molar-refractivity contribution is 8.00. The van der Waals surface area contributed by atoms with Crippen LogP contribution in [0.3, 0.4) is 0 Å². The molecular weight excluding hydrogens is 498 g/mol. The summed E-state index contributed by atoms with van der Waals surface area (Å²) in [6, 6.07) is 20.3. The van der Waals surface area contributed by atoms with Crippen LogP contribution >= 0.6 is 11.8 Å². The van der Waals surface area contributed by atoms with E-state index < -0.39 is 22.5 Å². The van der Waals surface area contributed by atoms with E-state index in [9.17, 15) is 13.2 Å². The molecule has 0 aromatic heterocycles. The number of methoxy groups -OCH3 is 1. The van der Waals surface area contributed by atoms with Gasteiger partial charge >= 0.3 is 0 Å². The van der Waals surface area contributed by atoms with E-state index in [1.807, 2.05) is 43.0 Å². The van der Waals surface area contributed by atoms with Gasteiger partial charge in [-0.3, -0.25) is 9.10 Å². The van der Waals surface area contributed by atoms with Crippen molar-refractivity contribution >= 4 is 39.6 Å². The number of carbonyl (C=O) groups is 1. The number of thioether (sulfide) groups is 1. The predicted octanol–water partition coefficient (Wildman–Crippen LogP) is 3.84. The van der Waals surface area contributed by atoms with E-state index in [1.165, 1.54) is 25.5 Å². The number of hydrogen-bond acceptors (Lipinski definition) is 7. The summed E-state index contributed by atoms with van der Waals surface area (Å²) in [5.41, 5.74) is 4.52. The lowest BCUT2D eigenvalue weighted by molar-refractivity contribution is -0.119. The maximum absolute atomic E-state index is 13.5. The van der Waals surface area contributed by atoms with Gasteiger partial charge in [-0.2, -0.15) is 16.9 Å². The molecule has 0 spiro atoms. The van der Waals surface area contributed by atoms with Crippen LogP contribution in [0.1, 0.15) is 11.1 Å². The number of nitrogens with zero attached hydrogens (tertiary/aromatic N) is 2. The monoisotopic (exact) mass is 525 g/mol. The Morgan fingerprint density at radius 1 is 1.08 bits per heavy atom. The van der Waals surface area contributed by atoms with E-state index in [0.29, 0.717) is 11.4 Å². The molecule has 3 aromatic rings. The molecule has 10 heteroatoms. The van der Waals surface area contributed by atoms with E-state index in [1.54, 1.807) is 36.4 Å². The number of hydrazone groups is 1. The second-order valence-corrected chi connectivity index (χ2v) is 11.1. The van der Waals surface area contributed by atoms with Gasteiger partial charge < -0.3 is 9.47 Å². The van der Waals surface area contributed by atoms with Gasteiger partial charge in [-0.05, 0) is 61.0 Å². The van der Waals surface area contributed by atoms with Crippen LogP contribution in [0, 0.1) is 6.92 Å². The maximum Gasteiger partial charge on any atom is 0.264 e. The third-order valence-corrected chi connectivity index (χ3v) is 8.43. The van der Waals surface area contributed by atoms with Crippen LogP contribution in [0.25, 0.3) is 0 Å². The second-order valence-electron chi connectivity index (χ2n) is 8.17. The Kier molecular flexibility index (Phi) is 8.17. The summed E-state index contributed by atoms with van der Waals surface area (Å²) in [6.07, 6.45) is 1.72. The third-order valence-electron chi connectivity index (χ3n) is 5.43. The number of anilines is 1. The molecule has 0 saturated carbocycles. The molecule has 188 valence electrons. The van der Waals surface area contributed by atoms with Crippen molar-refractivity contribution in [2.45, 2.75) is 17.9 Å². The standard InChI is InChI=1S/C26H27N3O5S2/c1-19-6-8-21(9-7-19)29(36(31,32)25-12-10-22(33-2)11-13-25)16-26(30)28-27-15-20-4-3-5-23(14-20)34-24-17-35-18-24/h3-15,24H,16-18H2,1-2H3,(H,28,30)/b27-15-. The van der Waals surface area contributed by atoms with Gasteiger partial charge in [-0.15, -0.1) is 0 Å². The summed E-state index contributed by atoms with van der Waals surface area (Å²) in [7, 11) is -2.53. The largest absolute Gasteiger partial charge is 0.497 e. The summed E-state index contributed by atoms with van der Waals surface area (Å²) in [5, 5.41) is 4.01. The van der Waals surface area contributed by atoms with E-state index in [0.717, 1.165) is 32.7 Å². The number of carbonyl (C=O) groups excluding carboxylic acids is 1. The fourth-order valence-electron chi connectivity index (χ4n) is 3.39. The average molecular weight is 526 g/mol. The Morgan fingerprint density at radius 2 is 1.81 bits per heavy atom. The topological polar surface area (TPSA) is 97.3 Å². The first-order valence-electron chi connectivity index (χ1n) is 11.2. The Labute approximate surface area is 215 Å². The minimum Gasteiger partial charge on any atom is -0.497 e. The summed E-state index contributed by atoms with van der Waals surface area (Å²) < 4.78 is 39.0. The molecule has 1 fully saturated rings. The van der Waals surface area contributed by atoms with Crippen molar-refractivity contribution in [3.63, 3.8) is 0 Å². The van der Waals surface area contributed by atoms with Crippen LogP contribution in [-0.2, 0) is 14.8 Å². The smallest absolute Gasteiger partial charge is 0.264 e. The second kappa shape index (κ2) is 11.5. The molecule has 36 heavy (non-hydrogen) atoms. The van der Waals surface area contributed by atoms with Gasteiger partial charge in [-0.25, -0.2) is 13.8 Å². The Bertz CT molecular complexity index is 1320. The molecule has 0 bridgehead atoms. The quantitative estimate of drug-likeness (QED) is 0.319. The summed E-state index contributed by atoms with van der Waals surface area (Å²) in [6.45, 7) is 1.45. The van der Waals surface area contributed by atoms with Crippen LogP contribution in [0.2, 0.25) is 0 Å². The van der Waals surface area contributed by atoms with E-state index in [4.69, 9.17) is 9.47 Å². The van der Waals surface area contributed by atoms with Crippen molar-refractivity contribution in [2.24, 2.45) is 5.10 Å². The van der Waals surface area contributed by atoms with Crippen LogP contribution in [0.5, 0.6) is 11.5 Å². The first-order chi connectivity index (χ1) is 17.3. The molecule has 1 heterocycles. The average Bonchev–Trinajstić information content (AvgIpc) is 2.86. The lowest BCUT2D eigenvalue weighted by atomic mass is 10.2. The zero-order valence-corrected chi connectivity index (χ0v) is 21.6. The number of sulfonamides is 1. The molecule has 3 aromatic carbocycles. The number of aryl methyl sites for hydroxylation is 1. The Hall–Kier alpha value is -3.50.